The van der Waals surface area contributed by atoms with Gasteiger partial charge in [0, 0.05) is 6.42 Å². The van der Waals surface area contributed by atoms with Crippen LogP contribution in [0.3, 0.4) is 0 Å². The van der Waals surface area contributed by atoms with Gasteiger partial charge in [-0.3, -0.25) is 20.2 Å². The highest BCUT2D eigenvalue weighted by Gasteiger charge is 2.42. The number of guanidine groups is 1. The van der Waals surface area contributed by atoms with E-state index in [0.29, 0.717) is 5.56 Å². The Labute approximate surface area is 390 Å². The van der Waals surface area contributed by atoms with Crippen LogP contribution in [-0.4, -0.2) is 79.7 Å². The second kappa shape index (κ2) is 22.6. The van der Waals surface area contributed by atoms with Gasteiger partial charge in [-0.15, -0.1) is 11.3 Å². The predicted molar refractivity (Wildman–Crippen MR) is 251 cm³/mol. The lowest BCUT2D eigenvalue weighted by molar-refractivity contribution is -0.131. The lowest BCUT2D eigenvalue weighted by atomic mass is 10.1. The average Bonchev–Trinajstić information content (AvgIpc) is 3.75. The van der Waals surface area contributed by atoms with Crippen molar-refractivity contribution in [2.24, 2.45) is 4.99 Å². The monoisotopic (exact) mass is 970 g/mol. The maximum absolute atomic E-state index is 15.2. The number of aliphatic imine (C=N–C) groups is 1. The smallest absolute Gasteiger partial charge is 0.444 e. The number of hydrogen-bond acceptors (Lipinski definition) is 14. The molecule has 0 fully saturated rings. The number of ether oxygens (including phenoxy) is 3. The molecular formula is C45H59N6O12PS2. The number of sulfonamides is 1. The highest BCUT2D eigenvalue weighted by Crippen LogP contribution is 2.53. The van der Waals surface area contributed by atoms with Crippen molar-refractivity contribution < 1.29 is 55.4 Å². The molecule has 0 aliphatic heterocycles. The third-order valence-electron chi connectivity index (χ3n) is 8.30. The summed E-state index contributed by atoms with van der Waals surface area (Å²) in [4.78, 5) is 57.7. The largest absolute Gasteiger partial charge is 0.453 e. The minimum absolute atomic E-state index is 0.0208. The van der Waals surface area contributed by atoms with E-state index in [2.05, 4.69) is 31.0 Å². The topological polar surface area (TPSA) is 238 Å². The fraction of sp³-hybridized carbons (Fsp3) is 0.400. The summed E-state index contributed by atoms with van der Waals surface area (Å²) in [5.74, 6) is -3.05. The normalized spacial score (nSPS) is 13.5. The van der Waals surface area contributed by atoms with Gasteiger partial charge in [0.05, 0.1) is 17.9 Å². The van der Waals surface area contributed by atoms with Gasteiger partial charge in [0.15, 0.2) is 5.78 Å². The third kappa shape index (κ3) is 18.2. The molecule has 21 heteroatoms. The summed E-state index contributed by atoms with van der Waals surface area (Å²) < 4.78 is 72.7. The summed E-state index contributed by atoms with van der Waals surface area (Å²) in [6.45, 7) is 16.3. The van der Waals surface area contributed by atoms with Gasteiger partial charge in [-0.2, -0.15) is 4.72 Å². The molecule has 3 atom stereocenters. The first kappa shape index (κ1) is 52.8. The minimum atomic E-state index is -4.48. The highest BCUT2D eigenvalue weighted by atomic mass is 32.2. The number of carbonyl (C=O) groups excluding carboxylic acids is 4. The molecule has 5 N–H and O–H groups in total. The van der Waals surface area contributed by atoms with E-state index in [0.717, 1.165) is 11.3 Å². The summed E-state index contributed by atoms with van der Waals surface area (Å²) in [5.41, 5.74) is -1.72. The molecule has 66 heavy (non-hydrogen) atoms. The van der Waals surface area contributed by atoms with E-state index >= 15 is 4.57 Å². The van der Waals surface area contributed by atoms with Gasteiger partial charge >= 0.3 is 19.8 Å². The number of carbonyl (C=O) groups is 4. The summed E-state index contributed by atoms with van der Waals surface area (Å²) in [5, 5.41) is 11.8. The Bertz CT molecular complexity index is 2360. The molecule has 1 heterocycles. The molecule has 3 aromatic carbocycles. The van der Waals surface area contributed by atoms with Crippen LogP contribution in [0.2, 0.25) is 0 Å². The van der Waals surface area contributed by atoms with Crippen LogP contribution in [0.5, 0.6) is 11.5 Å². The number of para-hydroxylation sites is 2. The molecule has 4 amide bonds. The predicted octanol–water partition coefficient (Wildman–Crippen LogP) is 7.79. The second-order valence-electron chi connectivity index (χ2n) is 17.7. The SMILES string of the molecule is C[C@H](NC(=O)[C@@H](COC(C)(C)C)NS(=O)(=O)c1cccs1)C(=O)NC(Cc1ccc(N=C(NC(=O)OC(C)(C)C)NC(=O)OC(C)(C)C)cc1)P(=O)(Oc1ccccc1)Oc1ccccc1. The zero-order chi connectivity index (χ0) is 48.9. The Balaban J connectivity index is 1.68. The highest BCUT2D eigenvalue weighted by molar-refractivity contribution is 7.91. The first-order valence-corrected chi connectivity index (χ1v) is 24.7. The molecule has 0 aliphatic rings. The summed E-state index contributed by atoms with van der Waals surface area (Å²) in [6.07, 6.45) is -1.95. The van der Waals surface area contributed by atoms with Gasteiger partial charge < -0.3 is 33.9 Å². The van der Waals surface area contributed by atoms with Crippen LogP contribution in [0.25, 0.3) is 0 Å². The number of nitrogens with one attached hydrogen (secondary N) is 5. The Kier molecular flexibility index (Phi) is 18.1. The van der Waals surface area contributed by atoms with Gasteiger partial charge in [-0.05, 0) is 123 Å². The van der Waals surface area contributed by atoms with Crippen molar-refractivity contribution >= 4 is 64.6 Å². The van der Waals surface area contributed by atoms with Crippen LogP contribution in [0.4, 0.5) is 15.3 Å². The summed E-state index contributed by atoms with van der Waals surface area (Å²) in [6, 6.07) is 22.9. The second-order valence-corrected chi connectivity index (χ2v) is 22.7. The molecule has 0 spiro atoms. The maximum Gasteiger partial charge on any atom is 0.453 e. The molecule has 18 nitrogen and oxygen atoms in total. The summed E-state index contributed by atoms with van der Waals surface area (Å²) in [7, 11) is -8.63. The molecule has 1 aromatic heterocycles. The van der Waals surface area contributed by atoms with Crippen LogP contribution in [0.15, 0.2) is 112 Å². The lowest BCUT2D eigenvalue weighted by Crippen LogP contribution is -2.55. The van der Waals surface area contributed by atoms with Gasteiger partial charge in [-0.25, -0.2) is 27.6 Å². The van der Waals surface area contributed by atoms with E-state index in [4.69, 9.17) is 23.3 Å². The molecular weight excluding hydrogens is 912 g/mol. The maximum atomic E-state index is 15.2. The van der Waals surface area contributed by atoms with E-state index < -0.39 is 76.3 Å². The third-order valence-corrected chi connectivity index (χ3v) is 13.2. The molecule has 358 valence electrons. The quantitative estimate of drug-likeness (QED) is 0.0387. The molecule has 0 saturated carbocycles. The van der Waals surface area contributed by atoms with Gasteiger partial charge in [0.2, 0.25) is 17.8 Å². The molecule has 0 bridgehead atoms. The number of alkyl carbamates (subject to hydrolysis) is 2. The van der Waals surface area contributed by atoms with E-state index in [1.807, 2.05) is 0 Å². The zero-order valence-electron chi connectivity index (χ0n) is 38.6. The fourth-order valence-corrected chi connectivity index (χ4v) is 9.45. The standard InChI is InChI=1S/C45H59N6O12PS2/c1-30(46-39(53)35(29-59-43(2,3)4)51-66(57,58)37-22-17-27-65-37)38(52)48-36(64(56,62-33-18-13-11-14-19-33)63-34-20-15-12-16-21-34)28-31-23-25-32(26-24-31)47-40(49-41(54)60-44(5,6)7)50-42(55)61-45(8,9)10/h11-27,30,35-36,51H,28-29H2,1-10H3,(H,46,53)(H,48,52)(H2,47,49,50,54,55)/t30-,35+,36?/m0/s1. The van der Waals surface area contributed by atoms with E-state index in [1.165, 1.54) is 13.0 Å². The van der Waals surface area contributed by atoms with Crippen LogP contribution >= 0.6 is 18.9 Å². The molecule has 0 radical (unpaired) electrons. The number of benzene rings is 3. The fourth-order valence-electron chi connectivity index (χ4n) is 5.42. The van der Waals surface area contributed by atoms with Crippen LogP contribution < -0.4 is 35.0 Å². The average molecular weight is 971 g/mol. The Morgan fingerprint density at radius 3 is 1.65 bits per heavy atom. The van der Waals surface area contributed by atoms with E-state index in [9.17, 15) is 27.6 Å². The van der Waals surface area contributed by atoms with Crippen molar-refractivity contribution in [2.75, 3.05) is 6.61 Å². The number of thiophene rings is 1. The summed E-state index contributed by atoms with van der Waals surface area (Å²) >= 11 is 0.964. The van der Waals surface area contributed by atoms with Crippen molar-refractivity contribution in [3.8, 4) is 11.5 Å². The minimum Gasteiger partial charge on any atom is -0.444 e. The van der Waals surface area contributed by atoms with E-state index in [-0.39, 0.29) is 40.4 Å². The molecule has 0 aliphatic carbocycles. The van der Waals surface area contributed by atoms with Gasteiger partial charge in [0.1, 0.15) is 39.0 Å². The van der Waals surface area contributed by atoms with Gasteiger partial charge in [-0.1, -0.05) is 54.6 Å². The van der Waals surface area contributed by atoms with Crippen molar-refractivity contribution in [3.05, 3.63) is 108 Å². The Morgan fingerprint density at radius 1 is 0.682 bits per heavy atom. The number of amides is 4. The van der Waals surface area contributed by atoms with Crippen LogP contribution in [0, 0.1) is 0 Å². The van der Waals surface area contributed by atoms with E-state index in [1.54, 1.807) is 159 Å². The molecule has 0 saturated heterocycles. The first-order chi connectivity index (χ1) is 30.7. The van der Waals surface area contributed by atoms with Crippen molar-refractivity contribution in [2.45, 2.75) is 115 Å². The van der Waals surface area contributed by atoms with Crippen LogP contribution in [-0.2, 0) is 44.8 Å². The first-order valence-electron chi connectivity index (χ1n) is 20.8. The molecule has 4 rings (SSSR count). The van der Waals surface area contributed by atoms with Crippen LogP contribution in [0.1, 0.15) is 74.8 Å². The number of hydrogen-bond donors (Lipinski definition) is 5. The Morgan fingerprint density at radius 2 is 1.20 bits per heavy atom. The number of rotatable bonds is 17. The van der Waals surface area contributed by atoms with Gasteiger partial charge in [0.25, 0.3) is 10.0 Å². The zero-order valence-corrected chi connectivity index (χ0v) is 41.1. The Hall–Kier alpha value is -5.79. The van der Waals surface area contributed by atoms with Crippen molar-refractivity contribution in [3.63, 3.8) is 0 Å². The molecule has 4 aromatic rings. The lowest BCUT2D eigenvalue weighted by Gasteiger charge is -2.30. The van der Waals surface area contributed by atoms with Crippen molar-refractivity contribution in [1.82, 2.24) is 26.0 Å². The molecule has 1 unspecified atom stereocenters. The van der Waals surface area contributed by atoms with Crippen molar-refractivity contribution in [1.29, 1.82) is 0 Å². The number of nitrogens with zero attached hydrogens (tertiary/aromatic N) is 1.